The van der Waals surface area contributed by atoms with Gasteiger partial charge in [-0.25, -0.2) is 4.98 Å². The minimum atomic E-state index is 0.640. The largest absolute Gasteiger partial charge is 0.354 e. The number of carbonyl (C=O) groups is 1. The predicted molar refractivity (Wildman–Crippen MR) is 94.4 cm³/mol. The highest BCUT2D eigenvalue weighted by molar-refractivity contribution is 5.95. The average molecular weight is 321 g/mol. The lowest BCUT2D eigenvalue weighted by Gasteiger charge is -2.33. The molecule has 0 spiro atoms. The molecule has 1 fully saturated rings. The van der Waals surface area contributed by atoms with Crippen LogP contribution in [0.1, 0.15) is 10.4 Å². The highest BCUT2D eigenvalue weighted by Gasteiger charge is 2.16. The number of hydrogen-bond acceptors (Lipinski definition) is 5. The first kappa shape index (κ1) is 14.8. The summed E-state index contributed by atoms with van der Waals surface area (Å²) in [5.74, 6) is 1.01. The van der Waals surface area contributed by atoms with Crippen LogP contribution >= 0.6 is 0 Å². The molecule has 122 valence electrons. The first-order valence-electron chi connectivity index (χ1n) is 8.08. The molecule has 0 saturated carbocycles. The number of piperazine rings is 1. The number of aromatic amines is 1. The van der Waals surface area contributed by atoms with Crippen LogP contribution in [-0.2, 0) is 0 Å². The van der Waals surface area contributed by atoms with E-state index in [0.717, 1.165) is 60.4 Å². The number of aldehydes is 1. The lowest BCUT2D eigenvalue weighted by molar-refractivity contribution is 0.112. The van der Waals surface area contributed by atoms with Crippen molar-refractivity contribution in [1.82, 2.24) is 20.1 Å². The molecule has 4 rings (SSSR count). The van der Waals surface area contributed by atoms with Crippen molar-refractivity contribution in [3.8, 4) is 11.3 Å². The Bertz CT molecular complexity index is 863. The minimum absolute atomic E-state index is 0.640. The molecule has 1 aromatic carbocycles. The third kappa shape index (κ3) is 2.65. The molecule has 24 heavy (non-hydrogen) atoms. The maximum atomic E-state index is 10.9. The molecule has 1 aliphatic rings. The summed E-state index contributed by atoms with van der Waals surface area (Å²) >= 11 is 0. The molecule has 1 aliphatic heterocycles. The summed E-state index contributed by atoms with van der Waals surface area (Å²) in [5.41, 5.74) is 3.33. The zero-order valence-electron chi connectivity index (χ0n) is 13.6. The van der Waals surface area contributed by atoms with Crippen molar-refractivity contribution in [1.29, 1.82) is 0 Å². The number of hydrogen-bond donors (Lipinski definition) is 1. The fourth-order valence-corrected chi connectivity index (χ4v) is 3.08. The number of likely N-dealkylation sites (N-methyl/N-ethyl adjacent to an activating group) is 1. The number of anilines is 1. The Morgan fingerprint density at radius 1 is 1.12 bits per heavy atom. The zero-order chi connectivity index (χ0) is 16.5. The maximum absolute atomic E-state index is 10.9. The molecule has 6 heteroatoms. The van der Waals surface area contributed by atoms with Gasteiger partial charge in [-0.3, -0.25) is 9.89 Å². The van der Waals surface area contributed by atoms with E-state index < -0.39 is 0 Å². The van der Waals surface area contributed by atoms with Crippen molar-refractivity contribution in [3.63, 3.8) is 0 Å². The number of fused-ring (bicyclic) bond motifs is 1. The summed E-state index contributed by atoms with van der Waals surface area (Å²) in [6, 6.07) is 9.66. The fraction of sp³-hybridized carbons (Fsp3) is 0.278. The van der Waals surface area contributed by atoms with Gasteiger partial charge in [0.25, 0.3) is 0 Å². The topological polar surface area (TPSA) is 65.1 Å². The summed E-state index contributed by atoms with van der Waals surface area (Å²) in [7, 11) is 2.15. The van der Waals surface area contributed by atoms with Crippen LogP contribution in [0, 0.1) is 0 Å². The average Bonchev–Trinajstić information content (AvgIpc) is 3.05. The number of nitrogens with one attached hydrogen (secondary N) is 1. The second-order valence-corrected chi connectivity index (χ2v) is 6.19. The molecular formula is C18H19N5O. The lowest BCUT2D eigenvalue weighted by Crippen LogP contribution is -2.44. The summed E-state index contributed by atoms with van der Waals surface area (Å²) in [6.07, 6.45) is 2.71. The van der Waals surface area contributed by atoms with E-state index in [1.807, 2.05) is 18.3 Å². The van der Waals surface area contributed by atoms with Gasteiger partial charge in [0, 0.05) is 48.9 Å². The summed E-state index contributed by atoms with van der Waals surface area (Å²) < 4.78 is 0. The van der Waals surface area contributed by atoms with Crippen molar-refractivity contribution >= 4 is 23.0 Å². The summed E-state index contributed by atoms with van der Waals surface area (Å²) in [4.78, 5) is 20.1. The normalized spacial score (nSPS) is 15.8. The van der Waals surface area contributed by atoms with Crippen LogP contribution in [0.2, 0.25) is 0 Å². The Kier molecular flexibility index (Phi) is 3.74. The number of nitrogens with zero attached hydrogens (tertiary/aromatic N) is 4. The van der Waals surface area contributed by atoms with Gasteiger partial charge in [-0.15, -0.1) is 0 Å². The smallest absolute Gasteiger partial charge is 0.150 e. The molecule has 0 radical (unpaired) electrons. The van der Waals surface area contributed by atoms with Crippen LogP contribution in [0.25, 0.3) is 22.2 Å². The van der Waals surface area contributed by atoms with Gasteiger partial charge in [0.2, 0.25) is 0 Å². The number of H-pyrrole nitrogens is 1. The van der Waals surface area contributed by atoms with Crippen molar-refractivity contribution in [3.05, 3.63) is 42.1 Å². The Morgan fingerprint density at radius 2 is 1.96 bits per heavy atom. The van der Waals surface area contributed by atoms with E-state index in [9.17, 15) is 4.79 Å². The van der Waals surface area contributed by atoms with Gasteiger partial charge in [-0.05, 0) is 31.3 Å². The molecule has 6 nitrogen and oxygen atoms in total. The highest BCUT2D eigenvalue weighted by atomic mass is 16.1. The van der Waals surface area contributed by atoms with Gasteiger partial charge in [-0.1, -0.05) is 6.07 Å². The molecule has 0 atom stereocenters. The number of rotatable bonds is 3. The van der Waals surface area contributed by atoms with E-state index in [4.69, 9.17) is 0 Å². The van der Waals surface area contributed by atoms with Gasteiger partial charge in [0.1, 0.15) is 17.8 Å². The minimum Gasteiger partial charge on any atom is -0.354 e. The van der Waals surface area contributed by atoms with E-state index in [1.54, 1.807) is 6.07 Å². The Morgan fingerprint density at radius 3 is 2.67 bits per heavy atom. The van der Waals surface area contributed by atoms with Crippen molar-refractivity contribution < 1.29 is 4.79 Å². The van der Waals surface area contributed by atoms with Crippen molar-refractivity contribution in [2.75, 3.05) is 38.1 Å². The van der Waals surface area contributed by atoms with Crippen LogP contribution in [0.3, 0.4) is 0 Å². The number of aromatic nitrogens is 3. The van der Waals surface area contributed by atoms with E-state index in [0.29, 0.717) is 5.56 Å². The van der Waals surface area contributed by atoms with Crippen LogP contribution in [0.5, 0.6) is 0 Å². The predicted octanol–water partition coefficient (Wildman–Crippen LogP) is 2.19. The lowest BCUT2D eigenvalue weighted by atomic mass is 10.1. The molecule has 0 bridgehead atoms. The van der Waals surface area contributed by atoms with Gasteiger partial charge in [0.05, 0.1) is 5.52 Å². The van der Waals surface area contributed by atoms with Crippen LogP contribution in [0.4, 0.5) is 5.82 Å². The van der Waals surface area contributed by atoms with E-state index in [1.165, 1.54) is 0 Å². The summed E-state index contributed by atoms with van der Waals surface area (Å²) in [5, 5.41) is 8.38. The van der Waals surface area contributed by atoms with Crippen molar-refractivity contribution in [2.24, 2.45) is 0 Å². The van der Waals surface area contributed by atoms with E-state index in [-0.39, 0.29) is 0 Å². The highest BCUT2D eigenvalue weighted by Crippen LogP contribution is 2.27. The third-order valence-corrected chi connectivity index (χ3v) is 4.57. The molecule has 0 amide bonds. The van der Waals surface area contributed by atoms with E-state index in [2.05, 4.69) is 44.2 Å². The number of pyridine rings is 1. The molecule has 3 heterocycles. The molecule has 2 aromatic heterocycles. The van der Waals surface area contributed by atoms with Gasteiger partial charge in [-0.2, -0.15) is 5.10 Å². The van der Waals surface area contributed by atoms with Gasteiger partial charge < -0.3 is 9.80 Å². The molecule has 1 N–H and O–H groups in total. The Balaban J connectivity index is 1.62. The molecular weight excluding hydrogens is 302 g/mol. The second-order valence-electron chi connectivity index (χ2n) is 6.19. The standard InChI is InChI=1S/C18H19N5O/c1-22-6-8-23(9-7-22)17-5-3-14(11-19-17)18-15-4-2-13(12-24)10-16(15)20-21-18/h2-5,10-12H,6-9H2,1H3,(H,20,21). The zero-order valence-corrected chi connectivity index (χ0v) is 13.6. The van der Waals surface area contributed by atoms with Gasteiger partial charge in [0.15, 0.2) is 0 Å². The van der Waals surface area contributed by atoms with Gasteiger partial charge >= 0.3 is 0 Å². The quantitative estimate of drug-likeness (QED) is 0.749. The van der Waals surface area contributed by atoms with Crippen LogP contribution < -0.4 is 4.90 Å². The number of benzene rings is 1. The van der Waals surface area contributed by atoms with Crippen LogP contribution in [-0.4, -0.2) is 59.6 Å². The fourth-order valence-electron chi connectivity index (χ4n) is 3.08. The monoisotopic (exact) mass is 321 g/mol. The molecule has 1 saturated heterocycles. The van der Waals surface area contributed by atoms with Crippen molar-refractivity contribution in [2.45, 2.75) is 0 Å². The summed E-state index contributed by atoms with van der Waals surface area (Å²) in [6.45, 7) is 4.13. The SMILES string of the molecule is CN1CCN(c2ccc(-c3n[nH]c4cc(C=O)ccc34)cn2)CC1. The van der Waals surface area contributed by atoms with Crippen LogP contribution in [0.15, 0.2) is 36.5 Å². The first-order valence-corrected chi connectivity index (χ1v) is 8.08. The second kappa shape index (κ2) is 6.05. The molecule has 0 aliphatic carbocycles. The maximum Gasteiger partial charge on any atom is 0.150 e. The first-order chi connectivity index (χ1) is 11.7. The van der Waals surface area contributed by atoms with E-state index >= 15 is 0 Å². The third-order valence-electron chi connectivity index (χ3n) is 4.57. The Labute approximate surface area is 140 Å². The number of carbonyl (C=O) groups excluding carboxylic acids is 1. The molecule has 3 aromatic rings. The Hall–Kier alpha value is -2.73. The molecule has 0 unspecified atom stereocenters.